The van der Waals surface area contributed by atoms with Crippen LogP contribution >= 0.6 is 43.5 Å². The molecule has 3 aromatic rings. The Morgan fingerprint density at radius 2 is 1.74 bits per heavy atom. The Balaban J connectivity index is 1.77. The zero-order chi connectivity index (χ0) is 25.5. The molecule has 0 aliphatic carbocycles. The van der Waals surface area contributed by atoms with Crippen LogP contribution in [-0.2, 0) is 14.4 Å². The van der Waals surface area contributed by atoms with Crippen molar-refractivity contribution in [3.63, 3.8) is 0 Å². The van der Waals surface area contributed by atoms with Crippen molar-refractivity contribution in [1.82, 2.24) is 0 Å². The Bertz CT molecular complexity index is 1240. The number of hydrogen-bond donors (Lipinski definition) is 1. The number of hydrogen-bond acceptors (Lipinski definition) is 7. The molecule has 1 N–H and O–H groups in total. The van der Waals surface area contributed by atoms with Crippen molar-refractivity contribution in [1.29, 1.82) is 0 Å². The van der Waals surface area contributed by atoms with E-state index in [1.807, 2.05) is 0 Å². The molecule has 0 heterocycles. The molecule has 3 aromatic carbocycles. The SMILES string of the molecule is CCOC(=O)C(C)ON=Cc1cc(Br)c(Oc2ccc(O)c(C(=O)c3ccc(Cl)cc3)c2)c(Br)c1. The summed E-state index contributed by atoms with van der Waals surface area (Å²) in [6.45, 7) is 3.51. The molecule has 0 aliphatic heterocycles. The molecule has 0 spiro atoms. The lowest BCUT2D eigenvalue weighted by molar-refractivity contribution is -0.155. The van der Waals surface area contributed by atoms with Gasteiger partial charge in [0.15, 0.2) is 11.5 Å². The maximum absolute atomic E-state index is 12.9. The van der Waals surface area contributed by atoms with E-state index in [0.717, 1.165) is 0 Å². The molecular weight excluding hydrogens is 606 g/mol. The van der Waals surface area contributed by atoms with Crippen LogP contribution in [0.15, 0.2) is 68.7 Å². The summed E-state index contributed by atoms with van der Waals surface area (Å²) in [5, 5.41) is 14.6. The summed E-state index contributed by atoms with van der Waals surface area (Å²) in [6.07, 6.45) is 0.610. The quantitative estimate of drug-likeness (QED) is 0.120. The minimum absolute atomic E-state index is 0.0914. The second-order valence-corrected chi connectivity index (χ2v) is 9.31. The molecule has 7 nitrogen and oxygen atoms in total. The molecule has 1 unspecified atom stereocenters. The highest BCUT2D eigenvalue weighted by Gasteiger charge is 2.17. The highest BCUT2D eigenvalue weighted by molar-refractivity contribution is 9.11. The van der Waals surface area contributed by atoms with E-state index in [1.165, 1.54) is 18.3 Å². The minimum Gasteiger partial charge on any atom is -0.507 e. The Hall–Kier alpha value is -2.88. The molecule has 0 amide bonds. The second kappa shape index (κ2) is 12.2. The van der Waals surface area contributed by atoms with E-state index in [4.69, 9.17) is 25.9 Å². The third-order valence-electron chi connectivity index (χ3n) is 4.60. The van der Waals surface area contributed by atoms with Crippen LogP contribution in [0, 0.1) is 0 Å². The van der Waals surface area contributed by atoms with E-state index in [0.29, 0.717) is 36.6 Å². The number of rotatable bonds is 9. The summed E-state index contributed by atoms with van der Waals surface area (Å²) in [5.41, 5.74) is 1.14. The molecule has 1 atom stereocenters. The Morgan fingerprint density at radius 3 is 2.37 bits per heavy atom. The first-order valence-electron chi connectivity index (χ1n) is 10.4. The molecular formula is C25H20Br2ClNO6. The number of esters is 1. The maximum Gasteiger partial charge on any atom is 0.349 e. The van der Waals surface area contributed by atoms with Gasteiger partial charge >= 0.3 is 5.97 Å². The predicted octanol–water partition coefficient (Wildman–Crippen LogP) is 6.90. The topological polar surface area (TPSA) is 94.4 Å². The third-order valence-corrected chi connectivity index (χ3v) is 6.03. The van der Waals surface area contributed by atoms with Crippen molar-refractivity contribution in [3.05, 3.63) is 85.3 Å². The standard InChI is InChI=1S/C25H20Br2ClNO6/c1-3-33-25(32)14(2)35-29-13-15-10-20(26)24(21(27)11-15)34-18-8-9-22(30)19(12-18)23(31)16-4-6-17(28)7-5-16/h4-14,30H,3H2,1-2H3. The normalized spacial score (nSPS) is 11.8. The maximum atomic E-state index is 12.9. The number of ketones is 1. The number of nitrogens with zero attached hydrogens (tertiary/aromatic N) is 1. The summed E-state index contributed by atoms with van der Waals surface area (Å²) in [6, 6.07) is 14.3. The highest BCUT2D eigenvalue weighted by Crippen LogP contribution is 2.38. The van der Waals surface area contributed by atoms with Crippen LogP contribution in [0.3, 0.4) is 0 Å². The number of carbonyl (C=O) groups excluding carboxylic acids is 2. The Morgan fingerprint density at radius 1 is 1.09 bits per heavy atom. The van der Waals surface area contributed by atoms with Gasteiger partial charge in [-0.25, -0.2) is 4.79 Å². The largest absolute Gasteiger partial charge is 0.507 e. The molecule has 0 radical (unpaired) electrons. The van der Waals surface area contributed by atoms with E-state index >= 15 is 0 Å². The first-order valence-corrected chi connectivity index (χ1v) is 12.3. The van der Waals surface area contributed by atoms with Gasteiger partial charge in [0, 0.05) is 10.6 Å². The number of benzene rings is 3. The average Bonchev–Trinajstić information content (AvgIpc) is 2.82. The average molecular weight is 626 g/mol. The van der Waals surface area contributed by atoms with Crippen LogP contribution in [-0.4, -0.2) is 35.8 Å². The molecule has 0 saturated carbocycles. The van der Waals surface area contributed by atoms with Crippen molar-refractivity contribution in [2.75, 3.05) is 6.61 Å². The van der Waals surface area contributed by atoms with Gasteiger partial charge in [-0.1, -0.05) is 16.8 Å². The van der Waals surface area contributed by atoms with Gasteiger partial charge in [0.05, 0.1) is 27.3 Å². The fourth-order valence-electron chi connectivity index (χ4n) is 2.87. The number of oxime groups is 1. The van der Waals surface area contributed by atoms with E-state index in [1.54, 1.807) is 56.3 Å². The van der Waals surface area contributed by atoms with Crippen molar-refractivity contribution in [3.8, 4) is 17.2 Å². The summed E-state index contributed by atoms with van der Waals surface area (Å²) in [7, 11) is 0. The molecule has 3 rings (SSSR count). The summed E-state index contributed by atoms with van der Waals surface area (Å²) in [5.74, 6) is -0.253. The number of ether oxygens (including phenoxy) is 2. The summed E-state index contributed by atoms with van der Waals surface area (Å²) in [4.78, 5) is 29.6. The van der Waals surface area contributed by atoms with Crippen molar-refractivity contribution in [2.45, 2.75) is 20.0 Å². The van der Waals surface area contributed by atoms with Crippen molar-refractivity contribution >= 4 is 61.4 Å². The molecule has 0 aromatic heterocycles. The fraction of sp³-hybridized carbons (Fsp3) is 0.160. The molecule has 182 valence electrons. The third kappa shape index (κ3) is 7.06. The Labute approximate surface area is 223 Å². The smallest absolute Gasteiger partial charge is 0.349 e. The molecule has 0 fully saturated rings. The zero-order valence-corrected chi connectivity index (χ0v) is 22.6. The fourth-order valence-corrected chi connectivity index (χ4v) is 4.38. The first-order chi connectivity index (χ1) is 16.7. The Kier molecular flexibility index (Phi) is 9.31. The molecule has 35 heavy (non-hydrogen) atoms. The van der Waals surface area contributed by atoms with Crippen LogP contribution in [0.25, 0.3) is 0 Å². The molecule has 0 aliphatic rings. The van der Waals surface area contributed by atoms with Crippen LogP contribution < -0.4 is 4.74 Å². The molecule has 10 heteroatoms. The van der Waals surface area contributed by atoms with Crippen LogP contribution in [0.4, 0.5) is 0 Å². The van der Waals surface area contributed by atoms with Crippen LogP contribution in [0.2, 0.25) is 5.02 Å². The van der Waals surface area contributed by atoms with Crippen LogP contribution in [0.5, 0.6) is 17.2 Å². The minimum atomic E-state index is -0.833. The van der Waals surface area contributed by atoms with Crippen LogP contribution in [0.1, 0.15) is 35.3 Å². The molecule has 0 bridgehead atoms. The lowest BCUT2D eigenvalue weighted by Gasteiger charge is -2.13. The van der Waals surface area contributed by atoms with E-state index in [-0.39, 0.29) is 23.7 Å². The van der Waals surface area contributed by atoms with Gasteiger partial charge < -0.3 is 19.4 Å². The first kappa shape index (κ1) is 26.7. The van der Waals surface area contributed by atoms with E-state index < -0.39 is 12.1 Å². The van der Waals surface area contributed by atoms with Gasteiger partial charge in [-0.3, -0.25) is 4.79 Å². The van der Waals surface area contributed by atoms with Crippen molar-refractivity contribution in [2.24, 2.45) is 5.16 Å². The second-order valence-electron chi connectivity index (χ2n) is 7.16. The van der Waals surface area contributed by atoms with E-state index in [2.05, 4.69) is 37.0 Å². The number of aromatic hydroxyl groups is 1. The number of phenols is 1. The van der Waals surface area contributed by atoms with Gasteiger partial charge in [0.25, 0.3) is 0 Å². The van der Waals surface area contributed by atoms with Gasteiger partial charge in [-0.15, -0.1) is 0 Å². The number of halogens is 3. The highest BCUT2D eigenvalue weighted by atomic mass is 79.9. The zero-order valence-electron chi connectivity index (χ0n) is 18.6. The number of phenolic OH excluding ortho intramolecular Hbond substituents is 1. The molecule has 0 saturated heterocycles. The summed E-state index contributed by atoms with van der Waals surface area (Å²) >= 11 is 12.8. The summed E-state index contributed by atoms with van der Waals surface area (Å²) < 4.78 is 12.0. The van der Waals surface area contributed by atoms with E-state index in [9.17, 15) is 14.7 Å². The predicted molar refractivity (Wildman–Crippen MR) is 140 cm³/mol. The van der Waals surface area contributed by atoms with Gasteiger partial charge in [0.1, 0.15) is 11.5 Å². The number of carbonyl (C=O) groups is 2. The van der Waals surface area contributed by atoms with Gasteiger partial charge in [-0.05, 0) is 106 Å². The lowest BCUT2D eigenvalue weighted by Crippen LogP contribution is -2.21. The van der Waals surface area contributed by atoms with Crippen molar-refractivity contribution < 1.29 is 29.0 Å². The monoisotopic (exact) mass is 623 g/mol. The lowest BCUT2D eigenvalue weighted by atomic mass is 10.0. The van der Waals surface area contributed by atoms with Gasteiger partial charge in [0.2, 0.25) is 6.10 Å². The van der Waals surface area contributed by atoms with Gasteiger partial charge in [-0.2, -0.15) is 0 Å².